The maximum absolute atomic E-state index is 14.2. The van der Waals surface area contributed by atoms with Gasteiger partial charge in [-0.2, -0.15) is 0 Å². The third kappa shape index (κ3) is 5.02. The van der Waals surface area contributed by atoms with Crippen molar-refractivity contribution in [1.82, 2.24) is 10.0 Å². The summed E-state index contributed by atoms with van der Waals surface area (Å²) in [4.78, 5) is 29.0. The van der Waals surface area contributed by atoms with E-state index in [-0.39, 0.29) is 30.9 Å². The summed E-state index contributed by atoms with van der Waals surface area (Å²) in [5, 5.41) is 11.6. The molecule has 2 rings (SSSR count). The van der Waals surface area contributed by atoms with E-state index in [4.69, 9.17) is 9.94 Å². The number of carbonyl (C=O) groups is 1. The van der Waals surface area contributed by atoms with Crippen LogP contribution in [0.4, 0.5) is 15.9 Å². The topological polar surface area (TPSA) is 92.6 Å². The van der Waals surface area contributed by atoms with Crippen molar-refractivity contribution in [2.75, 3.05) is 18.5 Å². The molecular weight excluding hydrogens is 456 g/mol. The molecule has 0 fully saturated rings. The predicted molar refractivity (Wildman–Crippen MR) is 104 cm³/mol. The molecule has 9 heteroatoms. The molecule has 0 bridgehead atoms. The van der Waals surface area contributed by atoms with E-state index in [1.165, 1.54) is 10.6 Å². The maximum Gasteiger partial charge on any atom is 0.254 e. The number of aryl methyl sites for hydroxylation is 1. The maximum atomic E-state index is 14.2. The summed E-state index contributed by atoms with van der Waals surface area (Å²) in [6.07, 6.45) is -0.0886. The Hall–Kier alpha value is -1.98. The smallest absolute Gasteiger partial charge is 0.254 e. The normalized spacial score (nSPS) is 10.7. The highest BCUT2D eigenvalue weighted by atomic mass is 127. The van der Waals surface area contributed by atoms with Crippen LogP contribution in [0.15, 0.2) is 29.1 Å². The number of aromatic nitrogens is 1. The average Bonchev–Trinajstić information content (AvgIpc) is 2.58. The molecule has 1 heterocycles. The number of carbonyl (C=O) groups excluding carboxylic acids is 1. The molecule has 0 aliphatic rings. The van der Waals surface area contributed by atoms with Gasteiger partial charge in [-0.1, -0.05) is 0 Å². The summed E-state index contributed by atoms with van der Waals surface area (Å²) in [6, 6.07) is 6.24. The zero-order chi connectivity index (χ0) is 19.3. The quantitative estimate of drug-likeness (QED) is 0.323. The molecule has 2 aromatic rings. The zero-order valence-corrected chi connectivity index (χ0v) is 16.5. The van der Waals surface area contributed by atoms with E-state index in [9.17, 15) is 14.0 Å². The van der Waals surface area contributed by atoms with Crippen LogP contribution >= 0.6 is 22.6 Å². The number of benzene rings is 1. The lowest BCUT2D eigenvalue weighted by atomic mass is 10.1. The van der Waals surface area contributed by atoms with Crippen molar-refractivity contribution in [2.24, 2.45) is 7.05 Å². The summed E-state index contributed by atoms with van der Waals surface area (Å²) in [6.45, 7) is 1.39. The van der Waals surface area contributed by atoms with Crippen LogP contribution in [0, 0.1) is 16.3 Å². The molecule has 0 aliphatic carbocycles. The number of pyridine rings is 1. The lowest BCUT2D eigenvalue weighted by Gasteiger charge is -2.17. The first-order chi connectivity index (χ1) is 12.3. The van der Waals surface area contributed by atoms with Crippen molar-refractivity contribution in [3.05, 3.63) is 55.1 Å². The van der Waals surface area contributed by atoms with Gasteiger partial charge < -0.3 is 10.4 Å². The number of aliphatic hydroxyl groups excluding tert-OH is 1. The molecule has 0 saturated heterocycles. The van der Waals surface area contributed by atoms with E-state index < -0.39 is 11.7 Å². The van der Waals surface area contributed by atoms with Gasteiger partial charge in [-0.25, -0.2) is 9.87 Å². The van der Waals surface area contributed by atoms with Crippen molar-refractivity contribution in [3.8, 4) is 0 Å². The van der Waals surface area contributed by atoms with E-state index in [1.807, 2.05) is 22.6 Å². The van der Waals surface area contributed by atoms with Crippen molar-refractivity contribution in [3.63, 3.8) is 0 Å². The van der Waals surface area contributed by atoms with Crippen molar-refractivity contribution in [1.29, 1.82) is 0 Å². The molecule has 0 saturated carbocycles. The van der Waals surface area contributed by atoms with Crippen LogP contribution in [-0.2, 0) is 23.1 Å². The van der Waals surface area contributed by atoms with E-state index in [0.717, 1.165) is 3.57 Å². The van der Waals surface area contributed by atoms with Crippen LogP contribution < -0.4 is 16.4 Å². The fourth-order valence-electron chi connectivity index (χ4n) is 2.38. The SMILES string of the molecule is Cc1cc(CC(=O)NOCCO)c(Nc2ccc(I)cc2F)n(C)c1=O. The summed E-state index contributed by atoms with van der Waals surface area (Å²) in [5.41, 5.74) is 3.12. The van der Waals surface area contributed by atoms with Gasteiger partial charge >= 0.3 is 0 Å². The summed E-state index contributed by atoms with van der Waals surface area (Å²) < 4.78 is 16.2. The van der Waals surface area contributed by atoms with Gasteiger partial charge in [0.15, 0.2) is 0 Å². The van der Waals surface area contributed by atoms with Gasteiger partial charge in [-0.3, -0.25) is 19.0 Å². The monoisotopic (exact) mass is 475 g/mol. The molecule has 140 valence electrons. The molecule has 1 aromatic carbocycles. The Bertz CT molecular complexity index is 870. The number of hydroxylamine groups is 1. The molecule has 26 heavy (non-hydrogen) atoms. The molecule has 7 nitrogen and oxygen atoms in total. The Labute approximate surface area is 163 Å². The molecule has 1 aromatic heterocycles. The van der Waals surface area contributed by atoms with Gasteiger partial charge in [0, 0.05) is 21.7 Å². The van der Waals surface area contributed by atoms with Gasteiger partial charge in [-0.15, -0.1) is 0 Å². The number of nitrogens with zero attached hydrogens (tertiary/aromatic N) is 1. The minimum atomic E-state index is -0.466. The van der Waals surface area contributed by atoms with Crippen LogP contribution in [-0.4, -0.2) is 28.8 Å². The van der Waals surface area contributed by atoms with Crippen LogP contribution in [0.1, 0.15) is 11.1 Å². The third-order valence-corrected chi connectivity index (χ3v) is 4.26. The Kier molecular flexibility index (Phi) is 7.12. The van der Waals surface area contributed by atoms with E-state index in [0.29, 0.717) is 16.9 Å². The van der Waals surface area contributed by atoms with Crippen LogP contribution in [0.5, 0.6) is 0 Å². The second kappa shape index (κ2) is 9.10. The lowest BCUT2D eigenvalue weighted by molar-refractivity contribution is -0.133. The number of rotatable bonds is 7. The molecule has 1 amide bonds. The Morgan fingerprint density at radius 1 is 1.38 bits per heavy atom. The highest BCUT2D eigenvalue weighted by molar-refractivity contribution is 14.1. The molecule has 3 N–H and O–H groups in total. The molecule has 0 unspecified atom stereocenters. The highest BCUT2D eigenvalue weighted by Gasteiger charge is 2.15. The number of halogens is 2. The standard InChI is InChI=1S/C17H19FIN3O4/c1-10-7-11(8-15(24)21-26-6-5-23)16(22(2)17(10)25)20-14-4-3-12(19)9-13(14)18/h3-4,7,9,20,23H,5-6,8H2,1-2H3,(H,21,24). The number of amides is 1. The Morgan fingerprint density at radius 2 is 2.12 bits per heavy atom. The molecule has 0 radical (unpaired) electrons. The zero-order valence-electron chi connectivity index (χ0n) is 14.3. The number of hydrogen-bond acceptors (Lipinski definition) is 5. The van der Waals surface area contributed by atoms with Crippen molar-refractivity contribution < 1.29 is 19.1 Å². The third-order valence-electron chi connectivity index (χ3n) is 3.59. The minimum Gasteiger partial charge on any atom is -0.394 e. The van der Waals surface area contributed by atoms with Crippen molar-refractivity contribution in [2.45, 2.75) is 13.3 Å². The average molecular weight is 475 g/mol. The first kappa shape index (κ1) is 20.3. The molecule has 0 aliphatic heterocycles. The summed E-state index contributed by atoms with van der Waals surface area (Å²) >= 11 is 2.00. The Balaban J connectivity index is 2.35. The Morgan fingerprint density at radius 3 is 2.77 bits per heavy atom. The molecular formula is C17H19FIN3O4. The first-order valence-corrected chi connectivity index (χ1v) is 8.84. The number of anilines is 2. The van der Waals surface area contributed by atoms with Gasteiger partial charge in [0.2, 0.25) is 5.91 Å². The fourth-order valence-corrected chi connectivity index (χ4v) is 2.83. The second-order valence-electron chi connectivity index (χ2n) is 5.59. The predicted octanol–water partition coefficient (Wildman–Crippen LogP) is 1.76. The van der Waals surface area contributed by atoms with Gasteiger partial charge in [0.25, 0.3) is 5.56 Å². The minimum absolute atomic E-state index is 0.0307. The van der Waals surface area contributed by atoms with E-state index in [2.05, 4.69) is 10.8 Å². The first-order valence-electron chi connectivity index (χ1n) is 7.76. The van der Waals surface area contributed by atoms with Gasteiger partial charge in [0.1, 0.15) is 11.6 Å². The largest absolute Gasteiger partial charge is 0.394 e. The number of aliphatic hydroxyl groups is 1. The highest BCUT2D eigenvalue weighted by Crippen LogP contribution is 2.24. The van der Waals surface area contributed by atoms with Crippen LogP contribution in [0.3, 0.4) is 0 Å². The molecule has 0 spiro atoms. The van der Waals surface area contributed by atoms with Gasteiger partial charge in [0.05, 0.1) is 25.3 Å². The summed E-state index contributed by atoms with van der Waals surface area (Å²) in [5.74, 6) is -0.604. The lowest BCUT2D eigenvalue weighted by Crippen LogP contribution is -2.29. The molecule has 0 atom stereocenters. The van der Waals surface area contributed by atoms with E-state index in [1.54, 1.807) is 32.2 Å². The van der Waals surface area contributed by atoms with Crippen LogP contribution in [0.2, 0.25) is 0 Å². The van der Waals surface area contributed by atoms with Gasteiger partial charge in [-0.05, 0) is 53.8 Å². The van der Waals surface area contributed by atoms with Crippen LogP contribution in [0.25, 0.3) is 0 Å². The number of hydrogen-bond donors (Lipinski definition) is 3. The second-order valence-corrected chi connectivity index (χ2v) is 6.83. The van der Waals surface area contributed by atoms with Crippen molar-refractivity contribution >= 4 is 40.0 Å². The fraction of sp³-hybridized carbons (Fsp3) is 0.294. The van der Waals surface area contributed by atoms with E-state index >= 15 is 0 Å². The summed E-state index contributed by atoms with van der Waals surface area (Å²) in [7, 11) is 1.55. The number of nitrogens with one attached hydrogen (secondary N) is 2.